The van der Waals surface area contributed by atoms with Gasteiger partial charge in [0.2, 0.25) is 5.91 Å². The lowest BCUT2D eigenvalue weighted by atomic mass is 10.0. The van der Waals surface area contributed by atoms with Crippen LogP contribution in [-0.4, -0.2) is 40.2 Å². The van der Waals surface area contributed by atoms with Crippen LogP contribution in [0.25, 0.3) is 0 Å². The molecule has 1 fully saturated rings. The Morgan fingerprint density at radius 2 is 2.47 bits per heavy atom. The van der Waals surface area contributed by atoms with E-state index in [9.17, 15) is 4.79 Å². The Hall–Kier alpha value is -1.43. The molecule has 1 unspecified atom stereocenters. The molecule has 6 nitrogen and oxygen atoms in total. The van der Waals surface area contributed by atoms with Crippen molar-refractivity contribution < 1.29 is 4.79 Å². The first-order valence-electron chi connectivity index (χ1n) is 6.21. The smallest absolute Gasteiger partial charge is 0.237 e. The van der Waals surface area contributed by atoms with Crippen molar-refractivity contribution in [3.8, 4) is 0 Å². The molecule has 2 rings (SSSR count). The molecule has 0 aliphatic carbocycles. The van der Waals surface area contributed by atoms with Crippen LogP contribution in [0.1, 0.15) is 31.5 Å². The molecule has 2 heterocycles. The Morgan fingerprint density at radius 3 is 3.18 bits per heavy atom. The normalized spacial score (nSPS) is 20.1. The summed E-state index contributed by atoms with van der Waals surface area (Å²) in [5.74, 6) is 0.998. The first-order valence-corrected chi connectivity index (χ1v) is 6.21. The fourth-order valence-corrected chi connectivity index (χ4v) is 2.02. The maximum atomic E-state index is 11.8. The molecule has 3 N–H and O–H groups in total. The van der Waals surface area contributed by atoms with Crippen molar-refractivity contribution in [1.82, 2.24) is 25.8 Å². The van der Waals surface area contributed by atoms with E-state index in [4.69, 9.17) is 0 Å². The molecule has 1 atom stereocenters. The van der Waals surface area contributed by atoms with Gasteiger partial charge < -0.3 is 10.6 Å². The summed E-state index contributed by atoms with van der Waals surface area (Å²) < 4.78 is 0. The van der Waals surface area contributed by atoms with Crippen LogP contribution >= 0.6 is 0 Å². The van der Waals surface area contributed by atoms with Crippen LogP contribution in [-0.2, 0) is 11.2 Å². The minimum Gasteiger partial charge on any atom is -0.355 e. The van der Waals surface area contributed by atoms with Crippen molar-refractivity contribution in [2.24, 2.45) is 0 Å². The number of aryl methyl sites for hydroxylation is 1. The average molecular weight is 237 g/mol. The van der Waals surface area contributed by atoms with E-state index in [1.54, 1.807) is 0 Å². The summed E-state index contributed by atoms with van der Waals surface area (Å²) in [5, 5.41) is 12.8. The zero-order chi connectivity index (χ0) is 11.9. The van der Waals surface area contributed by atoms with Crippen molar-refractivity contribution in [3.05, 3.63) is 12.2 Å². The summed E-state index contributed by atoms with van der Waals surface area (Å²) in [7, 11) is 0. The van der Waals surface area contributed by atoms with Crippen molar-refractivity contribution >= 4 is 5.91 Å². The summed E-state index contributed by atoms with van der Waals surface area (Å²) in [4.78, 5) is 15.8. The van der Waals surface area contributed by atoms with Crippen molar-refractivity contribution in [1.29, 1.82) is 0 Å². The number of amides is 1. The number of rotatable bonds is 5. The maximum Gasteiger partial charge on any atom is 0.237 e. The third kappa shape index (κ3) is 3.81. The van der Waals surface area contributed by atoms with E-state index in [0.717, 1.165) is 38.1 Å². The van der Waals surface area contributed by atoms with E-state index >= 15 is 0 Å². The van der Waals surface area contributed by atoms with Gasteiger partial charge >= 0.3 is 0 Å². The van der Waals surface area contributed by atoms with Crippen molar-refractivity contribution in [2.75, 3.05) is 13.1 Å². The third-order valence-corrected chi connectivity index (χ3v) is 2.98. The van der Waals surface area contributed by atoms with Crippen LogP contribution in [0, 0.1) is 0 Å². The number of piperidine rings is 1. The van der Waals surface area contributed by atoms with Gasteiger partial charge in [-0.1, -0.05) is 6.42 Å². The highest BCUT2D eigenvalue weighted by atomic mass is 16.2. The van der Waals surface area contributed by atoms with Gasteiger partial charge in [-0.05, 0) is 25.8 Å². The number of nitrogens with one attached hydrogen (secondary N) is 3. The van der Waals surface area contributed by atoms with Crippen LogP contribution < -0.4 is 10.6 Å². The lowest BCUT2D eigenvalue weighted by molar-refractivity contribution is -0.123. The molecule has 0 bridgehead atoms. The lowest BCUT2D eigenvalue weighted by Gasteiger charge is -2.22. The fourth-order valence-electron chi connectivity index (χ4n) is 2.02. The molecule has 0 aromatic carbocycles. The zero-order valence-corrected chi connectivity index (χ0v) is 9.91. The first-order chi connectivity index (χ1) is 8.36. The molecule has 6 heteroatoms. The minimum absolute atomic E-state index is 0.00836. The predicted octanol–water partition coefficient (Wildman–Crippen LogP) is -0.00440. The molecule has 0 radical (unpaired) electrons. The number of H-pyrrole nitrogens is 1. The zero-order valence-electron chi connectivity index (χ0n) is 9.91. The largest absolute Gasteiger partial charge is 0.355 e. The van der Waals surface area contributed by atoms with Crippen LogP contribution in [0.2, 0.25) is 0 Å². The summed E-state index contributed by atoms with van der Waals surface area (Å²) >= 11 is 0. The predicted molar refractivity (Wildman–Crippen MR) is 63.4 cm³/mol. The Balaban J connectivity index is 1.59. The van der Waals surface area contributed by atoms with Crippen LogP contribution in [0.5, 0.6) is 0 Å². The molecular weight excluding hydrogens is 218 g/mol. The molecule has 1 aromatic heterocycles. The number of carbonyl (C=O) groups excluding carboxylic acids is 1. The summed E-state index contributed by atoms with van der Waals surface area (Å²) in [6.45, 7) is 1.65. The molecule has 1 saturated heterocycles. The number of nitrogens with zero attached hydrogens (tertiary/aromatic N) is 2. The number of aromatic amines is 1. The summed E-state index contributed by atoms with van der Waals surface area (Å²) in [6, 6.07) is 0.00836. The van der Waals surface area contributed by atoms with Crippen LogP contribution in [0.15, 0.2) is 6.33 Å². The minimum atomic E-state index is 0.00836. The SMILES string of the molecule is O=C(NCCCc1ncn[nH]1)C1CCCCN1. The number of carbonyl (C=O) groups is 1. The van der Waals surface area contributed by atoms with Crippen molar-refractivity contribution in [3.63, 3.8) is 0 Å². The monoisotopic (exact) mass is 237 g/mol. The van der Waals surface area contributed by atoms with E-state index in [-0.39, 0.29) is 11.9 Å². The van der Waals surface area contributed by atoms with Gasteiger partial charge in [0.1, 0.15) is 12.2 Å². The van der Waals surface area contributed by atoms with Gasteiger partial charge in [-0.2, -0.15) is 5.10 Å². The highest BCUT2D eigenvalue weighted by Crippen LogP contribution is 2.06. The van der Waals surface area contributed by atoms with Gasteiger partial charge in [0.15, 0.2) is 0 Å². The van der Waals surface area contributed by atoms with E-state index in [2.05, 4.69) is 25.8 Å². The van der Waals surface area contributed by atoms with Gasteiger partial charge in [-0.3, -0.25) is 9.89 Å². The van der Waals surface area contributed by atoms with Crippen LogP contribution in [0.4, 0.5) is 0 Å². The van der Waals surface area contributed by atoms with E-state index in [1.807, 2.05) is 0 Å². The van der Waals surface area contributed by atoms with Gasteiger partial charge in [-0.15, -0.1) is 0 Å². The Labute approximate surface area is 101 Å². The van der Waals surface area contributed by atoms with Gasteiger partial charge in [0.25, 0.3) is 0 Å². The van der Waals surface area contributed by atoms with Gasteiger partial charge in [0.05, 0.1) is 6.04 Å². The average Bonchev–Trinajstić information content (AvgIpc) is 2.88. The molecule has 1 aliphatic heterocycles. The second-order valence-corrected chi connectivity index (χ2v) is 4.33. The first kappa shape index (κ1) is 12.0. The number of hydrogen-bond acceptors (Lipinski definition) is 4. The molecule has 1 amide bonds. The quantitative estimate of drug-likeness (QED) is 0.629. The fraction of sp³-hybridized carbons (Fsp3) is 0.727. The van der Waals surface area contributed by atoms with E-state index in [0.29, 0.717) is 6.54 Å². The molecular formula is C11H19N5O. The molecule has 17 heavy (non-hydrogen) atoms. The second kappa shape index (κ2) is 6.34. The molecule has 0 saturated carbocycles. The standard InChI is InChI=1S/C11H19N5O/c17-11(9-4-1-2-6-12-9)13-7-3-5-10-14-8-15-16-10/h8-9,12H,1-7H2,(H,13,17)(H,14,15,16). The summed E-state index contributed by atoms with van der Waals surface area (Å²) in [5.41, 5.74) is 0. The van der Waals surface area contributed by atoms with Crippen LogP contribution in [0.3, 0.4) is 0 Å². The second-order valence-electron chi connectivity index (χ2n) is 4.33. The Kier molecular flexibility index (Phi) is 4.49. The molecule has 0 spiro atoms. The van der Waals surface area contributed by atoms with Gasteiger partial charge in [0, 0.05) is 13.0 Å². The number of hydrogen-bond donors (Lipinski definition) is 3. The molecule has 1 aliphatic rings. The van der Waals surface area contributed by atoms with Crippen molar-refractivity contribution in [2.45, 2.75) is 38.1 Å². The maximum absolute atomic E-state index is 11.8. The lowest BCUT2D eigenvalue weighted by Crippen LogP contribution is -2.46. The Bertz CT molecular complexity index is 332. The van der Waals surface area contributed by atoms with E-state index < -0.39 is 0 Å². The highest BCUT2D eigenvalue weighted by molar-refractivity contribution is 5.81. The molecule has 1 aromatic rings. The highest BCUT2D eigenvalue weighted by Gasteiger charge is 2.19. The molecule has 94 valence electrons. The summed E-state index contributed by atoms with van der Waals surface area (Å²) in [6.07, 6.45) is 6.47. The Morgan fingerprint density at radius 1 is 1.53 bits per heavy atom. The third-order valence-electron chi connectivity index (χ3n) is 2.98. The van der Waals surface area contributed by atoms with Gasteiger partial charge in [-0.25, -0.2) is 4.98 Å². The number of aromatic nitrogens is 3. The van der Waals surface area contributed by atoms with E-state index in [1.165, 1.54) is 12.7 Å². The topological polar surface area (TPSA) is 82.7 Å².